The second kappa shape index (κ2) is 5.42. The topological polar surface area (TPSA) is 66.5 Å². The van der Waals surface area contributed by atoms with Gasteiger partial charge >= 0.3 is 0 Å². The summed E-state index contributed by atoms with van der Waals surface area (Å²) < 4.78 is 0.755. The van der Waals surface area contributed by atoms with Crippen molar-refractivity contribution in [2.24, 2.45) is 0 Å². The summed E-state index contributed by atoms with van der Waals surface area (Å²) in [6.45, 7) is 4.08. The van der Waals surface area contributed by atoms with Crippen LogP contribution >= 0.6 is 27.3 Å². The summed E-state index contributed by atoms with van der Waals surface area (Å²) in [4.78, 5) is 37.4. The minimum atomic E-state index is -0.695. The number of nitrogens with one attached hydrogen (secondary N) is 1. The Morgan fingerprint density at radius 3 is 2.68 bits per heavy atom. The number of carbonyl (C=O) groups is 3. The largest absolute Gasteiger partial charge is 0.326 e. The fourth-order valence-corrected chi connectivity index (χ4v) is 3.61. The summed E-state index contributed by atoms with van der Waals surface area (Å²) in [5.41, 5.74) is 0.983. The minimum Gasteiger partial charge on any atom is -0.326 e. The molecule has 2 rings (SSSR count). The first kappa shape index (κ1) is 14.2. The number of likely N-dealkylation sites (N-methyl/N-ethyl adjacent to an activating group) is 1. The van der Waals surface area contributed by atoms with Crippen molar-refractivity contribution in [3.63, 3.8) is 0 Å². The van der Waals surface area contributed by atoms with E-state index < -0.39 is 11.9 Å². The van der Waals surface area contributed by atoms with Crippen LogP contribution in [0.15, 0.2) is 9.85 Å². The standard InChI is InChI=1S/C12H13BrN2O3S/c1-3-15(7-4-8(16)14-11(7)17)12(18)10-9(13)6(2)5-19-10/h5,7H,3-4H2,1-2H3,(H,14,16,17)/t7-/m0/s1. The summed E-state index contributed by atoms with van der Waals surface area (Å²) in [6, 6.07) is -0.695. The molecule has 5 nitrogen and oxygen atoms in total. The lowest BCUT2D eigenvalue weighted by Gasteiger charge is -2.24. The van der Waals surface area contributed by atoms with Crippen LogP contribution in [0.5, 0.6) is 0 Å². The minimum absolute atomic E-state index is 0.0421. The molecule has 7 heteroatoms. The number of aryl methyl sites for hydroxylation is 1. The Hall–Kier alpha value is -1.21. The smallest absolute Gasteiger partial charge is 0.265 e. The van der Waals surface area contributed by atoms with Gasteiger partial charge in [-0.2, -0.15) is 0 Å². The Balaban J connectivity index is 2.27. The van der Waals surface area contributed by atoms with Crippen LogP contribution in [0.25, 0.3) is 0 Å². The van der Waals surface area contributed by atoms with Gasteiger partial charge in [-0.05, 0) is 40.7 Å². The number of carbonyl (C=O) groups excluding carboxylic acids is 3. The van der Waals surface area contributed by atoms with Gasteiger partial charge in [0, 0.05) is 11.0 Å². The molecule has 0 aromatic carbocycles. The summed E-state index contributed by atoms with van der Waals surface area (Å²) in [5.74, 6) is -0.949. The highest BCUT2D eigenvalue weighted by Crippen LogP contribution is 2.29. The highest BCUT2D eigenvalue weighted by molar-refractivity contribution is 9.10. The molecule has 1 saturated heterocycles. The lowest BCUT2D eigenvalue weighted by atomic mass is 10.2. The lowest BCUT2D eigenvalue weighted by molar-refractivity contribution is -0.126. The molecule has 1 aromatic rings. The molecule has 1 aliphatic rings. The van der Waals surface area contributed by atoms with E-state index in [0.717, 1.165) is 10.0 Å². The number of halogens is 1. The number of hydrogen-bond acceptors (Lipinski definition) is 4. The van der Waals surface area contributed by atoms with E-state index in [1.54, 1.807) is 6.92 Å². The van der Waals surface area contributed by atoms with Gasteiger partial charge in [0.2, 0.25) is 11.8 Å². The summed E-state index contributed by atoms with van der Waals surface area (Å²) >= 11 is 4.71. The lowest BCUT2D eigenvalue weighted by Crippen LogP contribution is -2.44. The first-order chi connectivity index (χ1) is 8.95. The zero-order chi connectivity index (χ0) is 14.2. The molecule has 2 heterocycles. The molecule has 0 saturated carbocycles. The second-order valence-corrected chi connectivity index (χ2v) is 5.96. The fraction of sp³-hybridized carbons (Fsp3) is 0.417. The summed E-state index contributed by atoms with van der Waals surface area (Å²) in [7, 11) is 0. The molecule has 102 valence electrons. The van der Waals surface area contributed by atoms with Gasteiger partial charge in [0.15, 0.2) is 0 Å². The van der Waals surface area contributed by atoms with E-state index in [0.29, 0.717) is 11.4 Å². The summed E-state index contributed by atoms with van der Waals surface area (Å²) in [5, 5.41) is 4.11. The Morgan fingerprint density at radius 1 is 1.58 bits per heavy atom. The van der Waals surface area contributed by atoms with Crippen LogP contribution < -0.4 is 5.32 Å². The van der Waals surface area contributed by atoms with E-state index in [1.807, 2.05) is 12.3 Å². The third-order valence-corrected chi connectivity index (χ3v) is 5.39. The van der Waals surface area contributed by atoms with Crippen molar-refractivity contribution in [1.29, 1.82) is 0 Å². The van der Waals surface area contributed by atoms with Crippen molar-refractivity contribution in [2.45, 2.75) is 26.3 Å². The van der Waals surface area contributed by atoms with Gasteiger partial charge < -0.3 is 4.90 Å². The van der Waals surface area contributed by atoms with Gasteiger partial charge in [-0.15, -0.1) is 11.3 Å². The number of amides is 3. The van der Waals surface area contributed by atoms with E-state index in [2.05, 4.69) is 21.2 Å². The molecule has 3 amide bonds. The third kappa shape index (κ3) is 2.57. The van der Waals surface area contributed by atoms with E-state index in [1.165, 1.54) is 16.2 Å². The molecule has 1 atom stereocenters. The van der Waals surface area contributed by atoms with Crippen LogP contribution in [0.2, 0.25) is 0 Å². The van der Waals surface area contributed by atoms with Crippen LogP contribution in [0, 0.1) is 6.92 Å². The molecular formula is C12H13BrN2O3S. The highest BCUT2D eigenvalue weighted by atomic mass is 79.9. The first-order valence-electron chi connectivity index (χ1n) is 5.84. The molecule has 0 bridgehead atoms. The van der Waals surface area contributed by atoms with Crippen molar-refractivity contribution in [1.82, 2.24) is 10.2 Å². The Morgan fingerprint density at radius 2 is 2.26 bits per heavy atom. The highest BCUT2D eigenvalue weighted by Gasteiger charge is 2.38. The average Bonchev–Trinajstić information content (AvgIpc) is 2.85. The molecule has 0 unspecified atom stereocenters. The summed E-state index contributed by atoms with van der Waals surface area (Å²) in [6.07, 6.45) is 0.0421. The average molecular weight is 345 g/mol. The number of rotatable bonds is 3. The van der Waals surface area contributed by atoms with Gasteiger partial charge in [-0.25, -0.2) is 0 Å². The molecule has 0 radical (unpaired) electrons. The van der Waals surface area contributed by atoms with Crippen molar-refractivity contribution >= 4 is 45.0 Å². The van der Waals surface area contributed by atoms with Crippen molar-refractivity contribution in [3.8, 4) is 0 Å². The van der Waals surface area contributed by atoms with E-state index >= 15 is 0 Å². The first-order valence-corrected chi connectivity index (χ1v) is 7.51. The van der Waals surface area contributed by atoms with Crippen molar-refractivity contribution in [2.75, 3.05) is 6.54 Å². The van der Waals surface area contributed by atoms with E-state index in [9.17, 15) is 14.4 Å². The predicted molar refractivity (Wildman–Crippen MR) is 75.0 cm³/mol. The Labute approximate surface area is 123 Å². The zero-order valence-corrected chi connectivity index (χ0v) is 12.9. The predicted octanol–water partition coefficient (Wildman–Crippen LogP) is 1.70. The fourth-order valence-electron chi connectivity index (χ4n) is 2.00. The molecule has 19 heavy (non-hydrogen) atoms. The Kier molecular flexibility index (Phi) is 4.05. The normalized spacial score (nSPS) is 18.6. The van der Waals surface area contributed by atoms with Crippen LogP contribution in [-0.2, 0) is 9.59 Å². The number of thiophene rings is 1. The molecule has 1 aliphatic heterocycles. The molecule has 1 aromatic heterocycles. The van der Waals surface area contributed by atoms with Crippen LogP contribution in [-0.4, -0.2) is 35.2 Å². The van der Waals surface area contributed by atoms with E-state index in [4.69, 9.17) is 0 Å². The quantitative estimate of drug-likeness (QED) is 0.848. The molecule has 0 spiro atoms. The second-order valence-electron chi connectivity index (χ2n) is 4.29. The maximum absolute atomic E-state index is 12.5. The molecule has 1 N–H and O–H groups in total. The Bertz CT molecular complexity index is 555. The van der Waals surface area contributed by atoms with Gasteiger partial charge in [0.1, 0.15) is 10.9 Å². The van der Waals surface area contributed by atoms with Gasteiger partial charge in [-0.1, -0.05) is 0 Å². The van der Waals surface area contributed by atoms with Gasteiger partial charge in [0.05, 0.1) is 6.42 Å². The maximum Gasteiger partial charge on any atom is 0.265 e. The van der Waals surface area contributed by atoms with Crippen LogP contribution in [0.1, 0.15) is 28.6 Å². The zero-order valence-electron chi connectivity index (χ0n) is 10.5. The number of hydrogen-bond donors (Lipinski definition) is 1. The third-order valence-electron chi connectivity index (χ3n) is 3.02. The van der Waals surface area contributed by atoms with Gasteiger partial charge in [-0.3, -0.25) is 19.7 Å². The number of nitrogens with zero attached hydrogens (tertiary/aromatic N) is 1. The van der Waals surface area contributed by atoms with Crippen molar-refractivity contribution in [3.05, 3.63) is 20.3 Å². The molecular weight excluding hydrogens is 332 g/mol. The molecule has 1 fully saturated rings. The van der Waals surface area contributed by atoms with Crippen LogP contribution in [0.4, 0.5) is 0 Å². The number of imide groups is 1. The molecule has 0 aliphatic carbocycles. The van der Waals surface area contributed by atoms with Crippen molar-refractivity contribution < 1.29 is 14.4 Å². The maximum atomic E-state index is 12.5. The SMILES string of the molecule is CCN(C(=O)c1scc(C)c1Br)[C@H]1CC(=O)NC1=O. The van der Waals surface area contributed by atoms with Gasteiger partial charge in [0.25, 0.3) is 5.91 Å². The van der Waals surface area contributed by atoms with Crippen LogP contribution in [0.3, 0.4) is 0 Å². The van der Waals surface area contributed by atoms with E-state index in [-0.39, 0.29) is 18.2 Å². The monoisotopic (exact) mass is 344 g/mol.